The molecule has 0 aliphatic carbocycles. The summed E-state index contributed by atoms with van der Waals surface area (Å²) >= 11 is 0. The summed E-state index contributed by atoms with van der Waals surface area (Å²) in [6.45, 7) is 0.198. The van der Waals surface area contributed by atoms with Crippen molar-refractivity contribution in [3.05, 3.63) is 30.1 Å². The van der Waals surface area contributed by atoms with E-state index >= 15 is 0 Å². The van der Waals surface area contributed by atoms with Crippen LogP contribution in [0.3, 0.4) is 0 Å². The molecule has 0 bridgehead atoms. The molecule has 0 fully saturated rings. The first-order valence-corrected chi connectivity index (χ1v) is 4.28. The van der Waals surface area contributed by atoms with Gasteiger partial charge in [-0.2, -0.15) is 0 Å². The molecule has 1 aromatic rings. The van der Waals surface area contributed by atoms with Crippen LogP contribution in [0.15, 0.2) is 24.3 Å². The first-order valence-electron chi connectivity index (χ1n) is 4.28. The van der Waals surface area contributed by atoms with E-state index in [0.29, 0.717) is 0 Å². The molecule has 1 atom stereocenters. The van der Waals surface area contributed by atoms with Gasteiger partial charge in [0.25, 0.3) is 0 Å². The molecule has 3 nitrogen and oxygen atoms in total. The summed E-state index contributed by atoms with van der Waals surface area (Å²) in [7, 11) is 1.48. The molecule has 1 unspecified atom stereocenters. The smallest absolute Gasteiger partial charge is 0.165 e. The lowest BCUT2D eigenvalue weighted by atomic mass is 10.3. The zero-order valence-electron chi connectivity index (χ0n) is 7.94. The monoisotopic (exact) mass is 200 g/mol. The van der Waals surface area contributed by atoms with Gasteiger partial charge in [-0.3, -0.25) is 0 Å². The Kier molecular flexibility index (Phi) is 4.35. The van der Waals surface area contributed by atoms with Crippen molar-refractivity contribution in [3.63, 3.8) is 0 Å². The second-order valence-electron chi connectivity index (χ2n) is 2.85. The van der Waals surface area contributed by atoms with E-state index in [1.807, 2.05) is 0 Å². The maximum Gasteiger partial charge on any atom is 0.165 e. The van der Waals surface area contributed by atoms with Gasteiger partial charge in [0.2, 0.25) is 0 Å². The SMILES string of the molecule is COCC(O)COc1ccccc1F. The first kappa shape index (κ1) is 10.9. The van der Waals surface area contributed by atoms with E-state index in [2.05, 4.69) is 0 Å². The molecule has 14 heavy (non-hydrogen) atoms. The third-order valence-corrected chi connectivity index (χ3v) is 1.63. The van der Waals surface area contributed by atoms with Gasteiger partial charge in [-0.15, -0.1) is 0 Å². The first-order chi connectivity index (χ1) is 6.74. The van der Waals surface area contributed by atoms with E-state index in [4.69, 9.17) is 9.47 Å². The zero-order valence-corrected chi connectivity index (χ0v) is 7.94. The Hall–Kier alpha value is -1.13. The number of methoxy groups -OCH3 is 1. The predicted octanol–water partition coefficient (Wildman–Crippen LogP) is 1.21. The Balaban J connectivity index is 2.41. The number of aliphatic hydroxyl groups is 1. The lowest BCUT2D eigenvalue weighted by Crippen LogP contribution is -2.22. The molecule has 0 radical (unpaired) electrons. The van der Waals surface area contributed by atoms with Gasteiger partial charge in [0.15, 0.2) is 11.6 Å². The second-order valence-corrected chi connectivity index (χ2v) is 2.85. The lowest BCUT2D eigenvalue weighted by Gasteiger charge is -2.11. The second kappa shape index (κ2) is 5.57. The number of hydrogen-bond donors (Lipinski definition) is 1. The van der Waals surface area contributed by atoms with Crippen molar-refractivity contribution in [1.82, 2.24) is 0 Å². The summed E-state index contributed by atoms with van der Waals surface area (Å²) < 4.78 is 22.7. The summed E-state index contributed by atoms with van der Waals surface area (Å²) in [5.74, 6) is -0.292. The minimum Gasteiger partial charge on any atom is -0.488 e. The molecule has 0 aliphatic heterocycles. The van der Waals surface area contributed by atoms with Crippen LogP contribution < -0.4 is 4.74 Å². The Morgan fingerprint density at radius 3 is 2.71 bits per heavy atom. The molecule has 0 aromatic heterocycles. The van der Waals surface area contributed by atoms with E-state index < -0.39 is 11.9 Å². The summed E-state index contributed by atoms with van der Waals surface area (Å²) in [4.78, 5) is 0. The standard InChI is InChI=1S/C10H13FO3/c1-13-6-8(12)7-14-10-5-3-2-4-9(10)11/h2-5,8,12H,6-7H2,1H3. The number of rotatable bonds is 5. The van der Waals surface area contributed by atoms with Gasteiger partial charge in [0.1, 0.15) is 12.7 Å². The van der Waals surface area contributed by atoms with E-state index in [1.165, 1.54) is 19.2 Å². The fourth-order valence-corrected chi connectivity index (χ4v) is 0.988. The number of benzene rings is 1. The third-order valence-electron chi connectivity index (χ3n) is 1.63. The van der Waals surface area contributed by atoms with Gasteiger partial charge in [0.05, 0.1) is 6.61 Å². The van der Waals surface area contributed by atoms with Gasteiger partial charge in [-0.05, 0) is 12.1 Å². The van der Waals surface area contributed by atoms with E-state index in [-0.39, 0.29) is 19.0 Å². The van der Waals surface area contributed by atoms with Crippen molar-refractivity contribution in [2.75, 3.05) is 20.3 Å². The van der Waals surface area contributed by atoms with Crippen molar-refractivity contribution < 1.29 is 19.0 Å². The van der Waals surface area contributed by atoms with Crippen LogP contribution >= 0.6 is 0 Å². The molecule has 1 aromatic carbocycles. The summed E-state index contributed by atoms with van der Waals surface area (Å²) in [5, 5.41) is 9.23. The van der Waals surface area contributed by atoms with Crippen LogP contribution in [-0.2, 0) is 4.74 Å². The van der Waals surface area contributed by atoms with Crippen LogP contribution in [0, 0.1) is 5.82 Å². The maximum absolute atomic E-state index is 13.0. The van der Waals surface area contributed by atoms with Gasteiger partial charge in [-0.1, -0.05) is 12.1 Å². The highest BCUT2D eigenvalue weighted by Gasteiger charge is 2.06. The minimum atomic E-state index is -0.736. The number of hydrogen-bond acceptors (Lipinski definition) is 3. The maximum atomic E-state index is 13.0. The van der Waals surface area contributed by atoms with Crippen LogP contribution in [0.25, 0.3) is 0 Å². The lowest BCUT2D eigenvalue weighted by molar-refractivity contribution is 0.0316. The number of para-hydroxylation sites is 1. The zero-order chi connectivity index (χ0) is 10.4. The highest BCUT2D eigenvalue weighted by molar-refractivity contribution is 5.23. The topological polar surface area (TPSA) is 38.7 Å². The van der Waals surface area contributed by atoms with Gasteiger partial charge in [-0.25, -0.2) is 4.39 Å². The normalized spacial score (nSPS) is 12.5. The third kappa shape index (κ3) is 3.32. The largest absolute Gasteiger partial charge is 0.488 e. The Bertz CT molecular complexity index is 278. The van der Waals surface area contributed by atoms with Crippen molar-refractivity contribution in [3.8, 4) is 5.75 Å². The molecule has 1 rings (SSSR count). The van der Waals surface area contributed by atoms with Crippen molar-refractivity contribution in [2.45, 2.75) is 6.10 Å². The van der Waals surface area contributed by atoms with Crippen LogP contribution in [0.1, 0.15) is 0 Å². The molecule has 0 amide bonds. The molecule has 0 saturated carbocycles. The number of aliphatic hydroxyl groups excluding tert-OH is 1. The predicted molar refractivity (Wildman–Crippen MR) is 49.8 cm³/mol. The Morgan fingerprint density at radius 2 is 2.07 bits per heavy atom. The molecular weight excluding hydrogens is 187 g/mol. The summed E-state index contributed by atoms with van der Waals surface area (Å²) in [6, 6.07) is 6.06. The average molecular weight is 200 g/mol. The van der Waals surface area contributed by atoms with Crippen molar-refractivity contribution in [1.29, 1.82) is 0 Å². The fourth-order valence-electron chi connectivity index (χ4n) is 0.988. The van der Waals surface area contributed by atoms with Crippen LogP contribution in [0.5, 0.6) is 5.75 Å². The summed E-state index contributed by atoms with van der Waals surface area (Å²) in [5.41, 5.74) is 0. The van der Waals surface area contributed by atoms with Crippen LogP contribution in [-0.4, -0.2) is 31.5 Å². The van der Waals surface area contributed by atoms with Gasteiger partial charge in [0, 0.05) is 7.11 Å². The number of ether oxygens (including phenoxy) is 2. The Labute approximate surface area is 82.1 Å². The minimum absolute atomic E-state index is 0.0226. The van der Waals surface area contributed by atoms with Gasteiger partial charge < -0.3 is 14.6 Å². The average Bonchev–Trinajstić information content (AvgIpc) is 2.17. The highest BCUT2D eigenvalue weighted by Crippen LogP contribution is 2.15. The van der Waals surface area contributed by atoms with E-state index in [1.54, 1.807) is 12.1 Å². The highest BCUT2D eigenvalue weighted by atomic mass is 19.1. The Morgan fingerprint density at radius 1 is 1.36 bits per heavy atom. The van der Waals surface area contributed by atoms with E-state index in [9.17, 15) is 9.50 Å². The van der Waals surface area contributed by atoms with Crippen molar-refractivity contribution >= 4 is 0 Å². The van der Waals surface area contributed by atoms with Crippen LogP contribution in [0.2, 0.25) is 0 Å². The molecule has 0 saturated heterocycles. The van der Waals surface area contributed by atoms with Crippen LogP contribution in [0.4, 0.5) is 4.39 Å². The molecule has 4 heteroatoms. The quantitative estimate of drug-likeness (QED) is 0.776. The molecule has 1 N–H and O–H groups in total. The molecule has 0 spiro atoms. The molecule has 0 aliphatic rings. The molecular formula is C10H13FO3. The van der Waals surface area contributed by atoms with Crippen molar-refractivity contribution in [2.24, 2.45) is 0 Å². The van der Waals surface area contributed by atoms with E-state index in [0.717, 1.165) is 0 Å². The molecule has 0 heterocycles. The summed E-state index contributed by atoms with van der Waals surface area (Å²) in [6.07, 6.45) is -0.736. The number of halogens is 1. The molecule has 78 valence electrons. The van der Waals surface area contributed by atoms with Gasteiger partial charge >= 0.3 is 0 Å². The fraction of sp³-hybridized carbons (Fsp3) is 0.400.